The smallest absolute Gasteiger partial charge is 0.374 e. The Balaban J connectivity index is 1.53. The fourth-order valence-electron chi connectivity index (χ4n) is 4.69. The van der Waals surface area contributed by atoms with E-state index in [1.54, 1.807) is 0 Å². The molecule has 0 aliphatic carbocycles. The molecule has 1 amide bonds. The van der Waals surface area contributed by atoms with Crippen molar-refractivity contribution < 1.29 is 35.9 Å². The molecule has 3 atom stereocenters. The number of halogens is 6. The van der Waals surface area contributed by atoms with Crippen LogP contribution in [0.1, 0.15) is 54.5 Å². The van der Waals surface area contributed by atoms with Crippen LogP contribution in [0.3, 0.4) is 0 Å². The van der Waals surface area contributed by atoms with E-state index < -0.39 is 40.7 Å². The number of rotatable bonds is 6. The Morgan fingerprint density at radius 2 is 1.61 bits per heavy atom. The van der Waals surface area contributed by atoms with E-state index in [1.165, 1.54) is 6.92 Å². The molecule has 194 valence electrons. The Labute approximate surface area is 204 Å². The van der Waals surface area contributed by atoms with E-state index in [2.05, 4.69) is 10.6 Å². The molecular formula is C26H26F6N2O2. The van der Waals surface area contributed by atoms with Crippen LogP contribution in [0.15, 0.2) is 60.7 Å². The van der Waals surface area contributed by atoms with Crippen molar-refractivity contribution >= 4 is 5.91 Å². The van der Waals surface area contributed by atoms with Crippen LogP contribution in [0.2, 0.25) is 0 Å². The predicted molar refractivity (Wildman–Crippen MR) is 121 cm³/mol. The summed E-state index contributed by atoms with van der Waals surface area (Å²) in [7, 11) is 0. The van der Waals surface area contributed by atoms with Gasteiger partial charge in [-0.05, 0) is 49.1 Å². The molecule has 0 aromatic heterocycles. The van der Waals surface area contributed by atoms with Gasteiger partial charge in [0.25, 0.3) is 0 Å². The van der Waals surface area contributed by atoms with Gasteiger partial charge in [0.1, 0.15) is 0 Å². The van der Waals surface area contributed by atoms with E-state index in [9.17, 15) is 31.1 Å². The van der Waals surface area contributed by atoms with Crippen LogP contribution in [0.5, 0.6) is 0 Å². The number of carbonyl (C=O) groups excluding carboxylic acids is 1. The molecule has 10 heteroatoms. The van der Waals surface area contributed by atoms with Crippen LogP contribution in [0.4, 0.5) is 26.3 Å². The van der Waals surface area contributed by atoms with Gasteiger partial charge >= 0.3 is 12.4 Å². The van der Waals surface area contributed by atoms with Crippen LogP contribution in [-0.4, -0.2) is 24.6 Å². The highest BCUT2D eigenvalue weighted by Gasteiger charge is 2.43. The molecule has 4 rings (SSSR count). The van der Waals surface area contributed by atoms with Gasteiger partial charge in [0.2, 0.25) is 5.91 Å². The van der Waals surface area contributed by atoms with Crippen LogP contribution in [0.25, 0.3) is 0 Å². The molecule has 0 saturated carbocycles. The lowest BCUT2D eigenvalue weighted by Gasteiger charge is -2.42. The van der Waals surface area contributed by atoms with Crippen molar-refractivity contribution in [2.24, 2.45) is 0 Å². The quantitative estimate of drug-likeness (QED) is 0.375. The molecule has 0 bridgehead atoms. The Hall–Kier alpha value is -2.85. The maximum absolute atomic E-state index is 13.2. The third-order valence-electron chi connectivity index (χ3n) is 6.83. The minimum absolute atomic E-state index is 0.0230. The second kappa shape index (κ2) is 9.55. The van der Waals surface area contributed by atoms with Crippen molar-refractivity contribution in [3.8, 4) is 0 Å². The molecule has 1 unspecified atom stereocenters. The second-order valence-electron chi connectivity index (χ2n) is 9.33. The summed E-state index contributed by atoms with van der Waals surface area (Å²) in [6.45, 7) is 1.96. The van der Waals surface area contributed by atoms with E-state index in [0.717, 1.165) is 5.56 Å². The molecule has 4 nitrogen and oxygen atoms in total. The third-order valence-corrected chi connectivity index (χ3v) is 6.83. The molecule has 2 aliphatic heterocycles. The fourth-order valence-corrected chi connectivity index (χ4v) is 4.69. The topological polar surface area (TPSA) is 50.4 Å². The number of hydrogen-bond acceptors (Lipinski definition) is 3. The van der Waals surface area contributed by atoms with Crippen molar-refractivity contribution in [2.45, 2.75) is 55.7 Å². The summed E-state index contributed by atoms with van der Waals surface area (Å²) < 4.78 is 85.2. The van der Waals surface area contributed by atoms with Crippen molar-refractivity contribution in [1.29, 1.82) is 0 Å². The zero-order valence-electron chi connectivity index (χ0n) is 19.5. The van der Waals surface area contributed by atoms with Gasteiger partial charge in [0.05, 0.1) is 28.3 Å². The largest absolute Gasteiger partial charge is 0.416 e. The normalized spacial score (nSPS) is 25.2. The van der Waals surface area contributed by atoms with Gasteiger partial charge in [0.15, 0.2) is 0 Å². The standard InChI is InChI=1S/C26H26F6N2O2/c1-17(18-13-20(25(27,28)29)15-21(14-18)26(30,31)32)36-12-11-24(19-5-3-2-4-6-19)10-9-23(16-33-24)8-7-22(35)34-23/h2-6,9-10,13-15,17,33H,7-8,11-12,16H2,1H3,(H,34,35)/t17-,23-,24?/m1/s1. The minimum Gasteiger partial charge on any atom is -0.374 e. The van der Waals surface area contributed by atoms with Crippen molar-refractivity contribution in [2.75, 3.05) is 13.2 Å². The van der Waals surface area contributed by atoms with Crippen molar-refractivity contribution in [3.05, 3.63) is 82.9 Å². The summed E-state index contributed by atoms with van der Waals surface area (Å²) >= 11 is 0. The summed E-state index contributed by atoms with van der Waals surface area (Å²) in [6, 6.07) is 11.0. The lowest BCUT2D eigenvalue weighted by molar-refractivity contribution is -0.143. The molecule has 36 heavy (non-hydrogen) atoms. The Morgan fingerprint density at radius 3 is 2.11 bits per heavy atom. The molecule has 1 fully saturated rings. The Kier molecular flexibility index (Phi) is 6.96. The minimum atomic E-state index is -4.92. The highest BCUT2D eigenvalue weighted by atomic mass is 19.4. The SMILES string of the molecule is C[C@@H](OCCC1(c2ccccc2)C=C[C@]2(CCC(=O)N2)CN1)c1cc(C(F)(F)F)cc(C(F)(F)F)c1. The van der Waals surface area contributed by atoms with Crippen LogP contribution in [-0.2, 0) is 27.4 Å². The number of ether oxygens (including phenoxy) is 1. The number of benzene rings is 2. The lowest BCUT2D eigenvalue weighted by atomic mass is 9.80. The van der Waals surface area contributed by atoms with Gasteiger partial charge in [-0.1, -0.05) is 42.5 Å². The number of hydrogen-bond donors (Lipinski definition) is 2. The number of carbonyl (C=O) groups is 1. The maximum Gasteiger partial charge on any atom is 0.416 e. The molecule has 2 aromatic rings. The average Bonchev–Trinajstić information content (AvgIpc) is 3.20. The van der Waals surface area contributed by atoms with Crippen molar-refractivity contribution in [3.63, 3.8) is 0 Å². The van der Waals surface area contributed by atoms with Crippen LogP contribution >= 0.6 is 0 Å². The van der Waals surface area contributed by atoms with Gasteiger partial charge in [0, 0.05) is 19.6 Å². The number of alkyl halides is 6. The number of amides is 1. The molecule has 2 N–H and O–H groups in total. The van der Waals surface area contributed by atoms with Gasteiger partial charge < -0.3 is 15.4 Å². The zero-order chi connectivity index (χ0) is 26.2. The Morgan fingerprint density at radius 1 is 0.972 bits per heavy atom. The van der Waals surface area contributed by atoms with E-state index in [1.807, 2.05) is 42.5 Å². The first-order valence-corrected chi connectivity index (χ1v) is 11.5. The summed E-state index contributed by atoms with van der Waals surface area (Å²) in [6.07, 6.45) is -5.47. The molecular weight excluding hydrogens is 486 g/mol. The van der Waals surface area contributed by atoms with E-state index in [4.69, 9.17) is 4.74 Å². The third kappa shape index (κ3) is 5.59. The zero-order valence-corrected chi connectivity index (χ0v) is 19.5. The highest BCUT2D eigenvalue weighted by molar-refractivity contribution is 5.80. The summed E-state index contributed by atoms with van der Waals surface area (Å²) in [4.78, 5) is 11.8. The average molecular weight is 512 g/mol. The van der Waals surface area contributed by atoms with Crippen LogP contribution < -0.4 is 10.6 Å². The summed E-state index contributed by atoms with van der Waals surface area (Å²) in [5, 5.41) is 6.48. The first-order valence-electron chi connectivity index (χ1n) is 11.5. The van der Waals surface area contributed by atoms with Crippen LogP contribution in [0, 0.1) is 0 Å². The monoisotopic (exact) mass is 512 g/mol. The molecule has 2 aromatic carbocycles. The first-order chi connectivity index (χ1) is 16.8. The molecule has 0 radical (unpaired) electrons. The van der Waals surface area contributed by atoms with Crippen molar-refractivity contribution in [1.82, 2.24) is 10.6 Å². The predicted octanol–water partition coefficient (Wildman–Crippen LogP) is 5.90. The second-order valence-corrected chi connectivity index (χ2v) is 9.33. The van der Waals surface area contributed by atoms with E-state index in [-0.39, 0.29) is 24.1 Å². The fraction of sp³-hybridized carbons (Fsp3) is 0.423. The number of nitrogens with one attached hydrogen (secondary N) is 2. The van der Waals surface area contributed by atoms with E-state index in [0.29, 0.717) is 37.9 Å². The Bertz CT molecular complexity index is 1100. The molecule has 1 spiro atoms. The first kappa shape index (κ1) is 26.2. The molecule has 1 saturated heterocycles. The summed E-state index contributed by atoms with van der Waals surface area (Å²) in [5.74, 6) is -0.0230. The summed E-state index contributed by atoms with van der Waals surface area (Å²) in [5.41, 5.74) is -3.17. The van der Waals surface area contributed by atoms with Gasteiger partial charge in [-0.3, -0.25) is 4.79 Å². The molecule has 2 heterocycles. The van der Waals surface area contributed by atoms with Gasteiger partial charge in [-0.2, -0.15) is 26.3 Å². The van der Waals surface area contributed by atoms with Gasteiger partial charge in [-0.15, -0.1) is 0 Å². The van der Waals surface area contributed by atoms with Gasteiger partial charge in [-0.25, -0.2) is 0 Å². The highest BCUT2D eigenvalue weighted by Crippen LogP contribution is 2.39. The lowest BCUT2D eigenvalue weighted by Crippen LogP contribution is -2.57. The maximum atomic E-state index is 13.2. The van der Waals surface area contributed by atoms with E-state index >= 15 is 0 Å². The molecule has 2 aliphatic rings.